The number of ether oxygens (including phenoxy) is 1. The van der Waals surface area contributed by atoms with E-state index in [-0.39, 0.29) is 11.9 Å². The highest BCUT2D eigenvalue weighted by Crippen LogP contribution is 2.28. The molecule has 1 atom stereocenters. The third-order valence-electron chi connectivity index (χ3n) is 3.72. The van der Waals surface area contributed by atoms with Crippen molar-refractivity contribution in [1.29, 1.82) is 0 Å². The van der Waals surface area contributed by atoms with Crippen molar-refractivity contribution < 1.29 is 9.53 Å². The Morgan fingerprint density at radius 3 is 3.11 bits per heavy atom. The number of carbonyl (C=O) groups excluding carboxylic acids is 1. The summed E-state index contributed by atoms with van der Waals surface area (Å²) in [6, 6.07) is 6.89. The first-order valence-corrected chi connectivity index (χ1v) is 7.01. The van der Waals surface area contributed by atoms with E-state index in [9.17, 15) is 4.79 Å². The van der Waals surface area contributed by atoms with Gasteiger partial charge in [-0.25, -0.2) is 0 Å². The van der Waals surface area contributed by atoms with E-state index >= 15 is 0 Å². The van der Waals surface area contributed by atoms with Crippen LogP contribution in [0.15, 0.2) is 18.2 Å². The molecule has 1 saturated carbocycles. The molecule has 0 spiro atoms. The molecule has 0 radical (unpaired) electrons. The van der Waals surface area contributed by atoms with Crippen LogP contribution in [0.4, 0.5) is 0 Å². The Balaban J connectivity index is 1.54. The molecule has 2 N–H and O–H groups in total. The minimum absolute atomic E-state index is 0.0962. The number of rotatable bonds is 5. The SMILES string of the molecule is CC(NCC(=O)NC1CC1)c1ccc2c(c1)CCO2. The van der Waals surface area contributed by atoms with E-state index in [2.05, 4.69) is 29.7 Å². The first kappa shape index (κ1) is 12.5. The summed E-state index contributed by atoms with van der Waals surface area (Å²) < 4.78 is 5.50. The second kappa shape index (κ2) is 5.21. The zero-order valence-corrected chi connectivity index (χ0v) is 11.2. The molecule has 1 heterocycles. The molecule has 102 valence electrons. The van der Waals surface area contributed by atoms with Crippen LogP contribution in [0.2, 0.25) is 0 Å². The van der Waals surface area contributed by atoms with Crippen LogP contribution in [-0.2, 0) is 11.2 Å². The van der Waals surface area contributed by atoms with E-state index < -0.39 is 0 Å². The van der Waals surface area contributed by atoms with Gasteiger partial charge in [-0.15, -0.1) is 0 Å². The minimum atomic E-state index is 0.0962. The number of benzene rings is 1. The van der Waals surface area contributed by atoms with E-state index in [4.69, 9.17) is 4.74 Å². The fraction of sp³-hybridized carbons (Fsp3) is 0.533. The molecule has 4 nitrogen and oxygen atoms in total. The quantitative estimate of drug-likeness (QED) is 0.844. The van der Waals surface area contributed by atoms with E-state index in [1.165, 1.54) is 11.1 Å². The summed E-state index contributed by atoms with van der Waals surface area (Å²) >= 11 is 0. The van der Waals surface area contributed by atoms with Crippen LogP contribution in [0.1, 0.15) is 36.9 Å². The van der Waals surface area contributed by atoms with Gasteiger partial charge in [0.15, 0.2) is 0 Å². The van der Waals surface area contributed by atoms with Crippen molar-refractivity contribution >= 4 is 5.91 Å². The Hall–Kier alpha value is -1.55. The van der Waals surface area contributed by atoms with Crippen LogP contribution in [0.3, 0.4) is 0 Å². The number of carbonyl (C=O) groups is 1. The molecule has 2 aliphatic rings. The first-order chi connectivity index (χ1) is 9.22. The lowest BCUT2D eigenvalue weighted by molar-refractivity contribution is -0.120. The Labute approximate surface area is 113 Å². The highest BCUT2D eigenvalue weighted by atomic mass is 16.5. The maximum atomic E-state index is 11.6. The van der Waals surface area contributed by atoms with Gasteiger partial charge in [0.25, 0.3) is 0 Å². The molecule has 1 aliphatic carbocycles. The van der Waals surface area contributed by atoms with Gasteiger partial charge in [-0.1, -0.05) is 12.1 Å². The Morgan fingerprint density at radius 2 is 2.32 bits per heavy atom. The largest absolute Gasteiger partial charge is 0.493 e. The molecule has 19 heavy (non-hydrogen) atoms. The molecule has 0 saturated heterocycles. The normalized spacial score (nSPS) is 18.6. The summed E-state index contributed by atoms with van der Waals surface area (Å²) in [5, 5.41) is 6.25. The van der Waals surface area contributed by atoms with Crippen LogP contribution in [0, 0.1) is 0 Å². The van der Waals surface area contributed by atoms with E-state index in [0.717, 1.165) is 31.6 Å². The van der Waals surface area contributed by atoms with Gasteiger partial charge < -0.3 is 15.4 Å². The summed E-state index contributed by atoms with van der Waals surface area (Å²) in [6.45, 7) is 3.25. The van der Waals surface area contributed by atoms with Gasteiger partial charge >= 0.3 is 0 Å². The Bertz CT molecular complexity index is 483. The third-order valence-corrected chi connectivity index (χ3v) is 3.72. The molecule has 4 heteroatoms. The maximum Gasteiger partial charge on any atom is 0.234 e. The zero-order valence-electron chi connectivity index (χ0n) is 11.2. The van der Waals surface area contributed by atoms with E-state index in [0.29, 0.717) is 12.6 Å². The lowest BCUT2D eigenvalue weighted by Gasteiger charge is -2.15. The number of hydrogen-bond donors (Lipinski definition) is 2. The van der Waals surface area contributed by atoms with Gasteiger partial charge in [0, 0.05) is 18.5 Å². The van der Waals surface area contributed by atoms with Crippen LogP contribution in [-0.4, -0.2) is 25.1 Å². The molecule has 1 aromatic carbocycles. The zero-order chi connectivity index (χ0) is 13.2. The highest BCUT2D eigenvalue weighted by Gasteiger charge is 2.23. The number of fused-ring (bicyclic) bond motifs is 1. The fourth-order valence-electron chi connectivity index (χ4n) is 2.35. The van der Waals surface area contributed by atoms with Crippen molar-refractivity contribution in [2.24, 2.45) is 0 Å². The summed E-state index contributed by atoms with van der Waals surface area (Å²) in [4.78, 5) is 11.6. The highest BCUT2D eigenvalue weighted by molar-refractivity contribution is 5.78. The molecule has 1 aromatic rings. The Morgan fingerprint density at radius 1 is 1.47 bits per heavy atom. The summed E-state index contributed by atoms with van der Waals surface area (Å²) in [5.41, 5.74) is 2.48. The van der Waals surface area contributed by atoms with Crippen molar-refractivity contribution in [2.75, 3.05) is 13.2 Å². The van der Waals surface area contributed by atoms with Crippen LogP contribution in [0.5, 0.6) is 5.75 Å². The molecule has 3 rings (SSSR count). The van der Waals surface area contributed by atoms with Crippen molar-refractivity contribution in [3.63, 3.8) is 0 Å². The van der Waals surface area contributed by atoms with Crippen molar-refractivity contribution in [3.8, 4) is 5.75 Å². The smallest absolute Gasteiger partial charge is 0.234 e. The van der Waals surface area contributed by atoms with E-state index in [1.807, 2.05) is 6.07 Å². The molecule has 0 bridgehead atoms. The summed E-state index contributed by atoms with van der Waals surface area (Å²) in [5.74, 6) is 1.10. The van der Waals surface area contributed by atoms with Crippen molar-refractivity contribution in [2.45, 2.75) is 38.3 Å². The van der Waals surface area contributed by atoms with Crippen LogP contribution >= 0.6 is 0 Å². The predicted molar refractivity (Wildman–Crippen MR) is 73.2 cm³/mol. The van der Waals surface area contributed by atoms with Crippen molar-refractivity contribution in [3.05, 3.63) is 29.3 Å². The standard InChI is InChI=1S/C15H20N2O2/c1-10(16-9-15(18)17-13-3-4-13)11-2-5-14-12(8-11)6-7-19-14/h2,5,8,10,13,16H,3-4,6-7,9H2,1H3,(H,17,18). The Kier molecular flexibility index (Phi) is 3.42. The fourth-order valence-corrected chi connectivity index (χ4v) is 2.35. The van der Waals surface area contributed by atoms with Gasteiger partial charge in [0.1, 0.15) is 5.75 Å². The van der Waals surface area contributed by atoms with Crippen LogP contribution in [0.25, 0.3) is 0 Å². The lowest BCUT2D eigenvalue weighted by Crippen LogP contribution is -2.36. The monoisotopic (exact) mass is 260 g/mol. The van der Waals surface area contributed by atoms with Gasteiger partial charge in [-0.3, -0.25) is 4.79 Å². The number of hydrogen-bond acceptors (Lipinski definition) is 3. The summed E-state index contributed by atoms with van der Waals surface area (Å²) in [6.07, 6.45) is 3.25. The molecule has 1 unspecified atom stereocenters. The number of amides is 1. The van der Waals surface area contributed by atoms with Gasteiger partial charge in [-0.05, 0) is 37.0 Å². The van der Waals surface area contributed by atoms with Crippen molar-refractivity contribution in [1.82, 2.24) is 10.6 Å². The third kappa shape index (κ3) is 3.07. The maximum absolute atomic E-state index is 11.6. The molecule has 1 aliphatic heterocycles. The van der Waals surface area contributed by atoms with Gasteiger partial charge in [0.2, 0.25) is 5.91 Å². The molecule has 1 fully saturated rings. The average Bonchev–Trinajstić information content (AvgIpc) is 3.09. The molecular weight excluding hydrogens is 240 g/mol. The van der Waals surface area contributed by atoms with Crippen LogP contribution < -0.4 is 15.4 Å². The topological polar surface area (TPSA) is 50.4 Å². The molecule has 0 aromatic heterocycles. The second-order valence-corrected chi connectivity index (χ2v) is 5.41. The number of nitrogens with one attached hydrogen (secondary N) is 2. The lowest BCUT2D eigenvalue weighted by atomic mass is 10.0. The van der Waals surface area contributed by atoms with E-state index in [1.54, 1.807) is 0 Å². The predicted octanol–water partition coefficient (Wildman–Crippen LogP) is 1.55. The van der Waals surface area contributed by atoms with Gasteiger partial charge in [0.05, 0.1) is 13.2 Å². The minimum Gasteiger partial charge on any atom is -0.493 e. The van der Waals surface area contributed by atoms with Gasteiger partial charge in [-0.2, -0.15) is 0 Å². The summed E-state index contributed by atoms with van der Waals surface area (Å²) in [7, 11) is 0. The second-order valence-electron chi connectivity index (χ2n) is 5.41. The average molecular weight is 260 g/mol. The molecule has 1 amide bonds. The first-order valence-electron chi connectivity index (χ1n) is 7.01. The molecular formula is C15H20N2O2.